The first kappa shape index (κ1) is 8.74. The minimum atomic E-state index is -0.118. The van der Waals surface area contributed by atoms with Crippen LogP contribution < -0.4 is 0 Å². The van der Waals surface area contributed by atoms with Gasteiger partial charge in [0, 0.05) is 0 Å². The second-order valence-corrected chi connectivity index (χ2v) is 2.61. The van der Waals surface area contributed by atoms with E-state index in [1.165, 1.54) is 12.1 Å². The number of benzene rings is 1. The van der Waals surface area contributed by atoms with E-state index in [9.17, 15) is 9.90 Å². The largest absolute Gasteiger partial charge is 0.507 e. The van der Waals surface area contributed by atoms with Gasteiger partial charge in [-0.15, -0.1) is 0 Å². The molecule has 0 aromatic heterocycles. The summed E-state index contributed by atoms with van der Waals surface area (Å²) in [5, 5.41) is 18.0. The summed E-state index contributed by atoms with van der Waals surface area (Å²) in [5.74, 6) is -0.0419. The molecule has 0 unspecified atom stereocenters. The second-order valence-electron chi connectivity index (χ2n) is 2.61. The fourth-order valence-electron chi connectivity index (χ4n) is 1.02. The van der Waals surface area contributed by atoms with E-state index in [-0.39, 0.29) is 17.9 Å². The van der Waals surface area contributed by atoms with Gasteiger partial charge >= 0.3 is 0 Å². The lowest BCUT2D eigenvalue weighted by molar-refractivity contribution is 0.112. The molecule has 1 rings (SSSR count). The summed E-state index contributed by atoms with van der Waals surface area (Å²) in [5.41, 5.74) is 1.65. The van der Waals surface area contributed by atoms with Crippen LogP contribution >= 0.6 is 0 Å². The molecule has 0 aliphatic rings. The highest BCUT2D eigenvalue weighted by molar-refractivity contribution is 5.79. The predicted molar refractivity (Wildman–Crippen MR) is 44.2 cm³/mol. The fourth-order valence-corrected chi connectivity index (χ4v) is 1.02. The molecular formula is C9H10O3. The Morgan fingerprint density at radius 3 is 2.67 bits per heavy atom. The van der Waals surface area contributed by atoms with Crippen LogP contribution in [0.1, 0.15) is 21.5 Å². The number of aldehydes is 1. The summed E-state index contributed by atoms with van der Waals surface area (Å²) >= 11 is 0. The first-order chi connectivity index (χ1) is 5.69. The molecule has 0 amide bonds. The van der Waals surface area contributed by atoms with Gasteiger partial charge in [0.05, 0.1) is 12.2 Å². The SMILES string of the molecule is Cc1cc(O)c(C=O)cc1CO. The molecule has 0 aliphatic carbocycles. The number of aliphatic hydroxyl groups excluding tert-OH is 1. The lowest BCUT2D eigenvalue weighted by atomic mass is 10.1. The Labute approximate surface area is 70.3 Å². The average Bonchev–Trinajstić information content (AvgIpc) is 2.05. The molecular weight excluding hydrogens is 156 g/mol. The van der Waals surface area contributed by atoms with Crippen molar-refractivity contribution in [2.45, 2.75) is 13.5 Å². The number of carbonyl (C=O) groups is 1. The van der Waals surface area contributed by atoms with Crippen LogP contribution in [0.15, 0.2) is 12.1 Å². The van der Waals surface area contributed by atoms with E-state index < -0.39 is 0 Å². The van der Waals surface area contributed by atoms with Gasteiger partial charge in [0.2, 0.25) is 0 Å². The number of aromatic hydroxyl groups is 1. The summed E-state index contributed by atoms with van der Waals surface area (Å²) in [4.78, 5) is 10.4. The Morgan fingerprint density at radius 2 is 2.17 bits per heavy atom. The van der Waals surface area contributed by atoms with Crippen LogP contribution in [0.5, 0.6) is 5.75 Å². The predicted octanol–water partition coefficient (Wildman–Crippen LogP) is 1.01. The second kappa shape index (κ2) is 3.36. The first-order valence-corrected chi connectivity index (χ1v) is 3.57. The van der Waals surface area contributed by atoms with E-state index in [4.69, 9.17) is 5.11 Å². The molecule has 64 valence electrons. The summed E-state index contributed by atoms with van der Waals surface area (Å²) in [6.45, 7) is 1.65. The molecule has 1 aromatic carbocycles. The number of rotatable bonds is 2. The maximum atomic E-state index is 10.4. The third kappa shape index (κ3) is 1.46. The van der Waals surface area contributed by atoms with Crippen molar-refractivity contribution in [3.05, 3.63) is 28.8 Å². The summed E-state index contributed by atoms with van der Waals surface area (Å²) in [7, 11) is 0. The smallest absolute Gasteiger partial charge is 0.153 e. The molecule has 0 saturated carbocycles. The van der Waals surface area contributed by atoms with Crippen LogP contribution in [-0.4, -0.2) is 16.5 Å². The lowest BCUT2D eigenvalue weighted by Crippen LogP contribution is -1.91. The van der Waals surface area contributed by atoms with E-state index in [1.54, 1.807) is 6.92 Å². The number of aliphatic hydroxyl groups is 1. The Bertz CT molecular complexity index is 305. The third-order valence-corrected chi connectivity index (χ3v) is 1.78. The van der Waals surface area contributed by atoms with E-state index in [0.717, 1.165) is 5.56 Å². The van der Waals surface area contributed by atoms with Gasteiger partial charge in [-0.3, -0.25) is 4.79 Å². The van der Waals surface area contributed by atoms with Gasteiger partial charge in [-0.1, -0.05) is 0 Å². The van der Waals surface area contributed by atoms with Crippen molar-refractivity contribution < 1.29 is 15.0 Å². The molecule has 3 heteroatoms. The molecule has 0 fully saturated rings. The molecule has 3 nitrogen and oxygen atoms in total. The Hall–Kier alpha value is -1.35. The zero-order chi connectivity index (χ0) is 9.14. The molecule has 0 bridgehead atoms. The summed E-state index contributed by atoms with van der Waals surface area (Å²) < 4.78 is 0. The first-order valence-electron chi connectivity index (χ1n) is 3.57. The normalized spacial score (nSPS) is 9.83. The number of carbonyl (C=O) groups excluding carboxylic acids is 1. The average molecular weight is 166 g/mol. The van der Waals surface area contributed by atoms with Gasteiger partial charge < -0.3 is 10.2 Å². The van der Waals surface area contributed by atoms with Crippen LogP contribution in [-0.2, 0) is 6.61 Å². The molecule has 2 N–H and O–H groups in total. The molecule has 0 saturated heterocycles. The molecule has 1 aromatic rings. The van der Waals surface area contributed by atoms with Crippen molar-refractivity contribution in [1.29, 1.82) is 0 Å². The molecule has 0 spiro atoms. The number of phenolic OH excluding ortho intramolecular Hbond substituents is 1. The van der Waals surface area contributed by atoms with E-state index in [0.29, 0.717) is 11.8 Å². The van der Waals surface area contributed by atoms with Crippen molar-refractivity contribution in [1.82, 2.24) is 0 Å². The van der Waals surface area contributed by atoms with Gasteiger partial charge in [-0.2, -0.15) is 0 Å². The monoisotopic (exact) mass is 166 g/mol. The molecule has 0 radical (unpaired) electrons. The standard InChI is InChI=1S/C9H10O3/c1-6-2-9(12)8(5-11)3-7(6)4-10/h2-3,5,10,12H,4H2,1H3. The lowest BCUT2D eigenvalue weighted by Gasteiger charge is -2.04. The molecule has 12 heavy (non-hydrogen) atoms. The van der Waals surface area contributed by atoms with Gasteiger partial charge in [0.15, 0.2) is 6.29 Å². The van der Waals surface area contributed by atoms with Crippen LogP contribution in [0.25, 0.3) is 0 Å². The fraction of sp³-hybridized carbons (Fsp3) is 0.222. The minimum absolute atomic E-state index is 0.0419. The summed E-state index contributed by atoms with van der Waals surface area (Å²) in [6, 6.07) is 2.95. The number of hydrogen-bond acceptors (Lipinski definition) is 3. The molecule has 0 atom stereocenters. The van der Waals surface area contributed by atoms with Crippen LogP contribution in [0.4, 0.5) is 0 Å². The number of phenols is 1. The summed E-state index contributed by atoms with van der Waals surface area (Å²) in [6.07, 6.45) is 0.563. The van der Waals surface area contributed by atoms with Crippen LogP contribution in [0.2, 0.25) is 0 Å². The van der Waals surface area contributed by atoms with E-state index in [1.807, 2.05) is 0 Å². The Balaban J connectivity index is 3.26. The van der Waals surface area contributed by atoms with Crippen molar-refractivity contribution in [2.24, 2.45) is 0 Å². The van der Waals surface area contributed by atoms with Crippen molar-refractivity contribution >= 4 is 6.29 Å². The maximum Gasteiger partial charge on any atom is 0.153 e. The van der Waals surface area contributed by atoms with E-state index >= 15 is 0 Å². The number of hydrogen-bond donors (Lipinski definition) is 2. The topological polar surface area (TPSA) is 57.5 Å². The van der Waals surface area contributed by atoms with Crippen molar-refractivity contribution in [2.75, 3.05) is 0 Å². The van der Waals surface area contributed by atoms with Gasteiger partial charge in [-0.05, 0) is 30.2 Å². The quantitative estimate of drug-likeness (QED) is 0.644. The molecule has 0 heterocycles. The van der Waals surface area contributed by atoms with E-state index in [2.05, 4.69) is 0 Å². The van der Waals surface area contributed by atoms with Crippen molar-refractivity contribution in [3.8, 4) is 5.75 Å². The van der Waals surface area contributed by atoms with Crippen molar-refractivity contribution in [3.63, 3.8) is 0 Å². The number of aryl methyl sites for hydroxylation is 1. The highest BCUT2D eigenvalue weighted by Gasteiger charge is 2.04. The van der Waals surface area contributed by atoms with Gasteiger partial charge in [0.25, 0.3) is 0 Å². The van der Waals surface area contributed by atoms with Gasteiger partial charge in [0.1, 0.15) is 5.75 Å². The highest BCUT2D eigenvalue weighted by Crippen LogP contribution is 2.20. The Kier molecular flexibility index (Phi) is 2.45. The van der Waals surface area contributed by atoms with Crippen LogP contribution in [0, 0.1) is 6.92 Å². The zero-order valence-electron chi connectivity index (χ0n) is 6.74. The molecule has 0 aliphatic heterocycles. The minimum Gasteiger partial charge on any atom is -0.507 e. The Morgan fingerprint density at radius 1 is 1.50 bits per heavy atom. The van der Waals surface area contributed by atoms with Gasteiger partial charge in [-0.25, -0.2) is 0 Å². The maximum absolute atomic E-state index is 10.4. The zero-order valence-corrected chi connectivity index (χ0v) is 6.74. The van der Waals surface area contributed by atoms with Crippen LogP contribution in [0.3, 0.4) is 0 Å². The highest BCUT2D eigenvalue weighted by atomic mass is 16.3. The third-order valence-electron chi connectivity index (χ3n) is 1.78.